The highest BCUT2D eigenvalue weighted by Crippen LogP contribution is 2.34. The van der Waals surface area contributed by atoms with Gasteiger partial charge in [0.2, 0.25) is 0 Å². The molecular weight excluding hydrogens is 274 g/mol. The van der Waals surface area contributed by atoms with Crippen LogP contribution in [0, 0.1) is 0 Å². The minimum Gasteiger partial charge on any atom is -0.382 e. The normalized spacial score (nSPS) is 10.8. The number of methoxy groups -OCH3 is 1. The quantitative estimate of drug-likeness (QED) is 0.679. The molecule has 1 heterocycles. The molecule has 18 heavy (non-hydrogen) atoms. The van der Waals surface area contributed by atoms with Crippen LogP contribution in [0.4, 0.5) is 0 Å². The number of benzene rings is 1. The van der Waals surface area contributed by atoms with Crippen LogP contribution in [0.5, 0.6) is 0 Å². The molecule has 0 aliphatic carbocycles. The highest BCUT2D eigenvalue weighted by Gasteiger charge is 2.16. The third-order valence-electron chi connectivity index (χ3n) is 2.30. The zero-order chi connectivity index (χ0) is 13.0. The van der Waals surface area contributed by atoms with E-state index >= 15 is 0 Å². The first kappa shape index (κ1) is 13.3. The van der Waals surface area contributed by atoms with Crippen molar-refractivity contribution < 1.29 is 14.4 Å². The largest absolute Gasteiger partial charge is 0.382 e. The molecule has 1 aromatic carbocycles. The number of rotatable bonds is 5. The molecule has 0 saturated heterocycles. The van der Waals surface area contributed by atoms with E-state index in [-0.39, 0.29) is 5.91 Å². The smallest absolute Gasteiger partial charge is 0.286 e. The van der Waals surface area contributed by atoms with E-state index in [0.717, 1.165) is 10.1 Å². The van der Waals surface area contributed by atoms with Crippen LogP contribution in [0.15, 0.2) is 24.3 Å². The first-order valence-corrected chi connectivity index (χ1v) is 6.51. The van der Waals surface area contributed by atoms with Crippen molar-refractivity contribution in [2.45, 2.75) is 0 Å². The molecule has 2 rings (SSSR count). The van der Waals surface area contributed by atoms with E-state index in [1.54, 1.807) is 7.11 Å². The fourth-order valence-corrected chi connectivity index (χ4v) is 2.85. The molecule has 0 spiro atoms. The van der Waals surface area contributed by atoms with Crippen LogP contribution < -0.4 is 5.48 Å². The van der Waals surface area contributed by atoms with Gasteiger partial charge in [-0.15, -0.1) is 11.3 Å². The number of hydroxylamine groups is 1. The first-order valence-electron chi connectivity index (χ1n) is 5.32. The van der Waals surface area contributed by atoms with Gasteiger partial charge in [0.05, 0.1) is 18.2 Å². The molecule has 4 nitrogen and oxygen atoms in total. The number of fused-ring (bicyclic) bond motifs is 1. The summed E-state index contributed by atoms with van der Waals surface area (Å²) in [7, 11) is 1.56. The maximum absolute atomic E-state index is 11.8. The van der Waals surface area contributed by atoms with Gasteiger partial charge in [-0.1, -0.05) is 29.8 Å². The number of ether oxygens (including phenoxy) is 1. The summed E-state index contributed by atoms with van der Waals surface area (Å²) in [6.45, 7) is 0.713. The number of carbonyl (C=O) groups is 1. The second-order valence-electron chi connectivity index (χ2n) is 3.51. The molecule has 96 valence electrons. The zero-order valence-corrected chi connectivity index (χ0v) is 11.3. The van der Waals surface area contributed by atoms with Gasteiger partial charge in [-0.3, -0.25) is 9.63 Å². The second kappa shape index (κ2) is 6.15. The molecule has 0 aliphatic rings. The van der Waals surface area contributed by atoms with Crippen LogP contribution in [-0.4, -0.2) is 26.2 Å². The van der Waals surface area contributed by atoms with Crippen molar-refractivity contribution in [3.8, 4) is 0 Å². The first-order chi connectivity index (χ1) is 8.74. The Hall–Kier alpha value is -1.14. The fourth-order valence-electron chi connectivity index (χ4n) is 1.45. The number of halogens is 1. The Bertz CT molecular complexity index is 555. The lowest BCUT2D eigenvalue weighted by atomic mass is 10.2. The molecule has 1 N–H and O–H groups in total. The van der Waals surface area contributed by atoms with Gasteiger partial charge in [-0.05, 0) is 6.07 Å². The van der Waals surface area contributed by atoms with Crippen LogP contribution in [0.25, 0.3) is 10.1 Å². The van der Waals surface area contributed by atoms with Crippen molar-refractivity contribution in [1.29, 1.82) is 0 Å². The van der Waals surface area contributed by atoms with Crippen molar-refractivity contribution in [2.24, 2.45) is 0 Å². The number of thiophene rings is 1. The Morgan fingerprint density at radius 1 is 1.39 bits per heavy atom. The number of hydrogen-bond acceptors (Lipinski definition) is 4. The summed E-state index contributed by atoms with van der Waals surface area (Å²) in [6, 6.07) is 7.61. The number of carbonyl (C=O) groups excluding carboxylic acids is 1. The summed E-state index contributed by atoms with van der Waals surface area (Å²) in [5.74, 6) is -0.336. The van der Waals surface area contributed by atoms with Crippen LogP contribution in [0.3, 0.4) is 0 Å². The van der Waals surface area contributed by atoms with E-state index in [0.29, 0.717) is 23.1 Å². The summed E-state index contributed by atoms with van der Waals surface area (Å²) in [5, 5.41) is 1.34. The molecule has 0 bridgehead atoms. The Kier molecular flexibility index (Phi) is 4.54. The lowest BCUT2D eigenvalue weighted by molar-refractivity contribution is 0.00916. The van der Waals surface area contributed by atoms with Crippen LogP contribution in [0.1, 0.15) is 9.67 Å². The van der Waals surface area contributed by atoms with E-state index in [4.69, 9.17) is 21.2 Å². The Morgan fingerprint density at radius 3 is 2.89 bits per heavy atom. The molecule has 0 fully saturated rings. The standard InChI is InChI=1S/C12H12ClNO3S/c1-16-6-7-17-14-12(15)11-10(13)8-4-2-3-5-9(8)18-11/h2-5H,6-7H2,1H3,(H,14,15). The topological polar surface area (TPSA) is 47.6 Å². The molecule has 0 atom stereocenters. The molecule has 6 heteroatoms. The van der Waals surface area contributed by atoms with Crippen LogP contribution in [-0.2, 0) is 9.57 Å². The van der Waals surface area contributed by atoms with E-state index in [1.165, 1.54) is 11.3 Å². The number of hydrogen-bond donors (Lipinski definition) is 1. The molecule has 0 aliphatic heterocycles. The molecular formula is C12H12ClNO3S. The summed E-state index contributed by atoms with van der Waals surface area (Å²) >= 11 is 7.50. The molecule has 0 radical (unpaired) electrons. The van der Waals surface area contributed by atoms with Gasteiger partial charge in [0.25, 0.3) is 5.91 Å². The van der Waals surface area contributed by atoms with Gasteiger partial charge in [-0.25, -0.2) is 5.48 Å². The minimum absolute atomic E-state index is 0.296. The van der Waals surface area contributed by atoms with E-state index < -0.39 is 0 Å². The summed E-state index contributed by atoms with van der Waals surface area (Å²) < 4.78 is 5.78. The molecule has 1 amide bonds. The second-order valence-corrected chi connectivity index (χ2v) is 4.94. The Balaban J connectivity index is 2.10. The molecule has 0 unspecified atom stereocenters. The van der Waals surface area contributed by atoms with Gasteiger partial charge in [0.1, 0.15) is 4.88 Å². The van der Waals surface area contributed by atoms with Crippen molar-refractivity contribution >= 4 is 38.9 Å². The number of amides is 1. The summed E-state index contributed by atoms with van der Waals surface area (Å²) in [6.07, 6.45) is 0. The van der Waals surface area contributed by atoms with Crippen molar-refractivity contribution in [3.05, 3.63) is 34.2 Å². The summed E-state index contributed by atoms with van der Waals surface area (Å²) in [5.41, 5.74) is 2.34. The zero-order valence-electron chi connectivity index (χ0n) is 9.73. The predicted molar refractivity (Wildman–Crippen MR) is 72.1 cm³/mol. The van der Waals surface area contributed by atoms with Gasteiger partial charge in [0, 0.05) is 17.2 Å². The van der Waals surface area contributed by atoms with Crippen molar-refractivity contribution in [2.75, 3.05) is 20.3 Å². The molecule has 1 aromatic heterocycles. The van der Waals surface area contributed by atoms with Crippen LogP contribution in [0.2, 0.25) is 5.02 Å². The maximum Gasteiger partial charge on any atom is 0.286 e. The van der Waals surface area contributed by atoms with E-state index in [1.807, 2.05) is 24.3 Å². The Labute approximate surface area is 113 Å². The van der Waals surface area contributed by atoms with Gasteiger partial charge < -0.3 is 4.74 Å². The van der Waals surface area contributed by atoms with E-state index in [9.17, 15) is 4.79 Å². The SMILES string of the molecule is COCCONC(=O)c1sc2ccccc2c1Cl. The predicted octanol–water partition coefficient (Wildman–Crippen LogP) is 2.86. The molecule has 0 saturated carbocycles. The third-order valence-corrected chi connectivity index (χ3v) is 3.97. The lowest BCUT2D eigenvalue weighted by Crippen LogP contribution is -2.24. The third kappa shape index (κ3) is 2.81. The average molecular weight is 286 g/mol. The highest BCUT2D eigenvalue weighted by atomic mass is 35.5. The minimum atomic E-state index is -0.336. The highest BCUT2D eigenvalue weighted by molar-refractivity contribution is 7.21. The Morgan fingerprint density at radius 2 is 2.17 bits per heavy atom. The molecule has 2 aromatic rings. The van der Waals surface area contributed by atoms with Gasteiger partial charge in [-0.2, -0.15) is 0 Å². The van der Waals surface area contributed by atoms with Crippen molar-refractivity contribution in [1.82, 2.24) is 5.48 Å². The van der Waals surface area contributed by atoms with E-state index in [2.05, 4.69) is 5.48 Å². The van der Waals surface area contributed by atoms with Gasteiger partial charge in [0.15, 0.2) is 0 Å². The summed E-state index contributed by atoms with van der Waals surface area (Å²) in [4.78, 5) is 17.3. The lowest BCUT2D eigenvalue weighted by Gasteiger charge is -2.03. The fraction of sp³-hybridized carbons (Fsp3) is 0.250. The maximum atomic E-state index is 11.8. The van der Waals surface area contributed by atoms with Crippen molar-refractivity contribution in [3.63, 3.8) is 0 Å². The average Bonchev–Trinajstić information content (AvgIpc) is 2.73. The number of nitrogens with one attached hydrogen (secondary N) is 1. The van der Waals surface area contributed by atoms with Crippen LogP contribution >= 0.6 is 22.9 Å². The van der Waals surface area contributed by atoms with Gasteiger partial charge >= 0.3 is 0 Å². The monoisotopic (exact) mass is 285 g/mol.